The molecule has 0 saturated carbocycles. The quantitative estimate of drug-likeness (QED) is 0.311. The number of hydrogen-bond acceptors (Lipinski definition) is 8. The highest BCUT2D eigenvalue weighted by molar-refractivity contribution is 7.15. The predicted molar refractivity (Wildman–Crippen MR) is 138 cm³/mol. The highest BCUT2D eigenvalue weighted by atomic mass is 32.1. The van der Waals surface area contributed by atoms with Gasteiger partial charge in [0, 0.05) is 0 Å². The lowest BCUT2D eigenvalue weighted by Crippen LogP contribution is -2.29. The minimum atomic E-state index is -0.746. The zero-order valence-electron chi connectivity index (χ0n) is 20.6. The number of aryl methyl sites for hydroxylation is 1. The first-order chi connectivity index (χ1) is 17.4. The van der Waals surface area contributed by atoms with E-state index in [1.54, 1.807) is 24.3 Å². The second-order valence-corrected chi connectivity index (χ2v) is 10.2. The average molecular weight is 506 g/mol. The van der Waals surface area contributed by atoms with Gasteiger partial charge in [0.15, 0.2) is 16.9 Å². The summed E-state index contributed by atoms with van der Waals surface area (Å²) in [4.78, 5) is 28.8. The molecule has 0 radical (unpaired) electrons. The van der Waals surface area contributed by atoms with Crippen molar-refractivity contribution < 1.29 is 18.7 Å². The molecule has 0 N–H and O–H groups in total. The van der Waals surface area contributed by atoms with E-state index in [0.29, 0.717) is 57.3 Å². The molecular weight excluding hydrogens is 478 g/mol. The van der Waals surface area contributed by atoms with Crippen LogP contribution < -0.4 is 19.8 Å². The lowest BCUT2D eigenvalue weighted by molar-refractivity contribution is 0.0970. The van der Waals surface area contributed by atoms with Gasteiger partial charge < -0.3 is 13.9 Å². The Morgan fingerprint density at radius 3 is 2.61 bits per heavy atom. The summed E-state index contributed by atoms with van der Waals surface area (Å²) in [7, 11) is 0. The van der Waals surface area contributed by atoms with E-state index in [0.717, 1.165) is 6.42 Å². The summed E-state index contributed by atoms with van der Waals surface area (Å²) in [6.45, 7) is 9.00. The summed E-state index contributed by atoms with van der Waals surface area (Å²) >= 11 is 1.28. The number of carbonyl (C=O) groups is 1. The van der Waals surface area contributed by atoms with Gasteiger partial charge in [0.05, 0.1) is 30.2 Å². The molecule has 3 heterocycles. The zero-order valence-corrected chi connectivity index (χ0v) is 21.4. The van der Waals surface area contributed by atoms with Crippen molar-refractivity contribution in [2.75, 3.05) is 18.1 Å². The highest BCUT2D eigenvalue weighted by Crippen LogP contribution is 2.44. The van der Waals surface area contributed by atoms with Crippen LogP contribution in [0.15, 0.2) is 51.7 Å². The normalized spacial score (nSPS) is 15.1. The standard InChI is InChI=1S/C27H27N3O5S/c1-5-33-21-14-17(10-11-20(21)34-13-12-15(2)3)23-22-24(31)18-8-6-7-9-19(18)35-25(22)26(32)30(23)27-29-28-16(4)36-27/h6-11,14-15,23H,5,12-13H2,1-4H3/t23-/m0/s1. The number of anilines is 1. The van der Waals surface area contributed by atoms with Crippen LogP contribution in [-0.2, 0) is 0 Å². The predicted octanol–water partition coefficient (Wildman–Crippen LogP) is 5.53. The van der Waals surface area contributed by atoms with Gasteiger partial charge >= 0.3 is 0 Å². The van der Waals surface area contributed by atoms with Gasteiger partial charge in [-0.1, -0.05) is 43.4 Å². The molecule has 2 aromatic carbocycles. The van der Waals surface area contributed by atoms with E-state index in [2.05, 4.69) is 24.0 Å². The summed E-state index contributed by atoms with van der Waals surface area (Å²) in [6.07, 6.45) is 0.913. The maximum absolute atomic E-state index is 13.7. The first-order valence-corrected chi connectivity index (χ1v) is 12.8. The summed E-state index contributed by atoms with van der Waals surface area (Å²) in [5.74, 6) is 1.28. The summed E-state index contributed by atoms with van der Waals surface area (Å²) < 4.78 is 17.9. The minimum Gasteiger partial charge on any atom is -0.490 e. The van der Waals surface area contributed by atoms with Gasteiger partial charge in [-0.2, -0.15) is 0 Å². The molecule has 5 rings (SSSR count). The summed E-state index contributed by atoms with van der Waals surface area (Å²) in [5.41, 5.74) is 1.09. The molecule has 1 atom stereocenters. The number of aromatic nitrogens is 2. The molecule has 0 aliphatic carbocycles. The molecule has 4 aromatic rings. The maximum Gasteiger partial charge on any atom is 0.297 e. The Kier molecular flexibility index (Phi) is 6.49. The van der Waals surface area contributed by atoms with Gasteiger partial charge in [-0.3, -0.25) is 14.5 Å². The molecule has 0 fully saturated rings. The van der Waals surface area contributed by atoms with Crippen LogP contribution in [0.5, 0.6) is 11.5 Å². The molecule has 0 spiro atoms. The lowest BCUT2D eigenvalue weighted by atomic mass is 9.98. The molecular formula is C27H27N3O5S. The zero-order chi connectivity index (χ0) is 25.4. The number of benzene rings is 2. The van der Waals surface area contributed by atoms with Gasteiger partial charge in [-0.25, -0.2) is 0 Å². The van der Waals surface area contributed by atoms with Crippen molar-refractivity contribution in [3.05, 3.63) is 74.6 Å². The Balaban J connectivity index is 1.67. The SMILES string of the molecule is CCOc1cc([C@H]2c3c(oc4ccccc4c3=O)C(=O)N2c2nnc(C)s2)ccc1OCCC(C)C. The fourth-order valence-electron chi connectivity index (χ4n) is 4.30. The van der Waals surface area contributed by atoms with Crippen molar-refractivity contribution in [2.45, 2.75) is 40.2 Å². The minimum absolute atomic E-state index is 0.0202. The van der Waals surface area contributed by atoms with Crippen molar-refractivity contribution >= 4 is 33.3 Å². The molecule has 1 amide bonds. The van der Waals surface area contributed by atoms with E-state index in [1.165, 1.54) is 16.2 Å². The third kappa shape index (κ3) is 4.24. The fraction of sp³-hybridized carbons (Fsp3) is 0.333. The Morgan fingerprint density at radius 1 is 1.08 bits per heavy atom. The van der Waals surface area contributed by atoms with E-state index in [4.69, 9.17) is 13.9 Å². The molecule has 36 heavy (non-hydrogen) atoms. The van der Waals surface area contributed by atoms with Crippen molar-refractivity contribution in [3.8, 4) is 11.5 Å². The number of nitrogens with zero attached hydrogens (tertiary/aromatic N) is 3. The molecule has 0 saturated heterocycles. The fourth-order valence-corrected chi connectivity index (χ4v) is 5.02. The Morgan fingerprint density at radius 2 is 1.89 bits per heavy atom. The molecule has 0 bridgehead atoms. The Labute approximate surface area is 212 Å². The van der Waals surface area contributed by atoms with Crippen LogP contribution in [0.1, 0.15) is 59.9 Å². The van der Waals surface area contributed by atoms with Crippen molar-refractivity contribution in [1.82, 2.24) is 10.2 Å². The Hall–Kier alpha value is -3.72. The smallest absolute Gasteiger partial charge is 0.297 e. The summed E-state index contributed by atoms with van der Waals surface area (Å²) in [5, 5.41) is 9.83. The monoisotopic (exact) mass is 505 g/mol. The van der Waals surface area contributed by atoms with Gasteiger partial charge in [0.2, 0.25) is 10.9 Å². The number of carbonyl (C=O) groups excluding carboxylic acids is 1. The Bertz CT molecular complexity index is 1490. The van der Waals surface area contributed by atoms with Crippen LogP contribution in [0.3, 0.4) is 0 Å². The largest absolute Gasteiger partial charge is 0.490 e. The average Bonchev–Trinajstić information content (AvgIpc) is 3.41. The third-order valence-corrected chi connectivity index (χ3v) is 6.87. The van der Waals surface area contributed by atoms with E-state index < -0.39 is 11.9 Å². The molecule has 2 aromatic heterocycles. The maximum atomic E-state index is 13.7. The van der Waals surface area contributed by atoms with Crippen LogP contribution in [0.2, 0.25) is 0 Å². The van der Waals surface area contributed by atoms with E-state index in [-0.39, 0.29) is 16.8 Å². The topological polar surface area (TPSA) is 94.8 Å². The van der Waals surface area contributed by atoms with Crippen LogP contribution in [0, 0.1) is 12.8 Å². The van der Waals surface area contributed by atoms with Crippen LogP contribution >= 0.6 is 11.3 Å². The van der Waals surface area contributed by atoms with Crippen LogP contribution in [0.4, 0.5) is 5.13 Å². The van der Waals surface area contributed by atoms with Gasteiger partial charge in [-0.05, 0) is 56.0 Å². The second kappa shape index (κ2) is 9.73. The molecule has 9 heteroatoms. The first kappa shape index (κ1) is 24.0. The molecule has 1 aliphatic rings. The lowest BCUT2D eigenvalue weighted by Gasteiger charge is -2.23. The third-order valence-electron chi connectivity index (χ3n) is 6.04. The van der Waals surface area contributed by atoms with Crippen molar-refractivity contribution in [2.24, 2.45) is 5.92 Å². The number of amides is 1. The van der Waals surface area contributed by atoms with Gasteiger partial charge in [0.1, 0.15) is 10.6 Å². The second-order valence-electron chi connectivity index (χ2n) is 9.02. The first-order valence-electron chi connectivity index (χ1n) is 12.0. The number of ether oxygens (including phenoxy) is 2. The van der Waals surface area contributed by atoms with E-state index in [9.17, 15) is 9.59 Å². The van der Waals surface area contributed by atoms with Crippen molar-refractivity contribution in [3.63, 3.8) is 0 Å². The van der Waals surface area contributed by atoms with E-state index in [1.807, 2.05) is 32.0 Å². The molecule has 186 valence electrons. The molecule has 8 nitrogen and oxygen atoms in total. The van der Waals surface area contributed by atoms with E-state index >= 15 is 0 Å². The van der Waals surface area contributed by atoms with Gasteiger partial charge in [-0.15, -0.1) is 10.2 Å². The molecule has 0 unspecified atom stereocenters. The highest BCUT2D eigenvalue weighted by Gasteiger charge is 2.45. The number of hydrogen-bond donors (Lipinski definition) is 0. The summed E-state index contributed by atoms with van der Waals surface area (Å²) in [6, 6.07) is 11.7. The number of rotatable bonds is 8. The van der Waals surface area contributed by atoms with Crippen LogP contribution in [-0.4, -0.2) is 29.3 Å². The van der Waals surface area contributed by atoms with Crippen LogP contribution in [0.25, 0.3) is 11.0 Å². The number of para-hydroxylation sites is 1. The van der Waals surface area contributed by atoms with Crippen molar-refractivity contribution in [1.29, 1.82) is 0 Å². The molecule has 1 aliphatic heterocycles. The van der Waals surface area contributed by atoms with Gasteiger partial charge in [0.25, 0.3) is 5.91 Å². The number of fused-ring (bicyclic) bond motifs is 2.